The second-order valence-corrected chi connectivity index (χ2v) is 6.69. The van der Waals surface area contributed by atoms with E-state index in [1.165, 1.54) is 0 Å². The van der Waals surface area contributed by atoms with Crippen molar-refractivity contribution in [3.8, 4) is 17.2 Å². The van der Waals surface area contributed by atoms with Gasteiger partial charge in [0, 0.05) is 22.5 Å². The third-order valence-electron chi connectivity index (χ3n) is 3.84. The van der Waals surface area contributed by atoms with Crippen LogP contribution in [-0.4, -0.2) is 29.0 Å². The molecular weight excluding hydrogens is 352 g/mol. The molecule has 2 aromatic carbocycles. The Balaban J connectivity index is 1.89. The van der Waals surface area contributed by atoms with Gasteiger partial charge in [-0.05, 0) is 29.8 Å². The van der Waals surface area contributed by atoms with Crippen LogP contribution in [0.4, 0.5) is 0 Å². The molecule has 0 aliphatic carbocycles. The van der Waals surface area contributed by atoms with Crippen LogP contribution in [0.1, 0.15) is 5.56 Å². The summed E-state index contributed by atoms with van der Waals surface area (Å²) in [6, 6.07) is 12.6. The number of rotatable bonds is 7. The van der Waals surface area contributed by atoms with Crippen LogP contribution in [0.5, 0.6) is 17.2 Å². The molecule has 134 valence electrons. The fourth-order valence-corrected chi connectivity index (χ4v) is 3.18. The lowest BCUT2D eigenvalue weighted by molar-refractivity contribution is 0.309. The SMILES string of the molecule is COc1cc2nccc(OCc3cccc(S(=O)C=N)c3)c2cc1OC. The predicted octanol–water partition coefficient (Wildman–Crippen LogP) is 3.55. The van der Waals surface area contributed by atoms with Crippen molar-refractivity contribution in [2.75, 3.05) is 14.2 Å². The van der Waals surface area contributed by atoms with Crippen molar-refractivity contribution in [1.82, 2.24) is 4.98 Å². The molecule has 7 heteroatoms. The molecule has 0 aliphatic rings. The van der Waals surface area contributed by atoms with Gasteiger partial charge in [0.15, 0.2) is 11.5 Å². The van der Waals surface area contributed by atoms with Crippen LogP contribution in [0.3, 0.4) is 0 Å². The molecule has 0 amide bonds. The highest BCUT2D eigenvalue weighted by Crippen LogP contribution is 2.35. The number of methoxy groups -OCH3 is 2. The maximum atomic E-state index is 11.7. The molecule has 6 nitrogen and oxygen atoms in total. The van der Waals surface area contributed by atoms with E-state index in [-0.39, 0.29) is 0 Å². The lowest BCUT2D eigenvalue weighted by Gasteiger charge is -2.12. The zero-order valence-electron chi connectivity index (χ0n) is 14.4. The Hall–Kier alpha value is -2.93. The lowest BCUT2D eigenvalue weighted by Crippen LogP contribution is -1.99. The van der Waals surface area contributed by atoms with Crippen LogP contribution in [0.15, 0.2) is 53.6 Å². The molecule has 0 bridgehead atoms. The largest absolute Gasteiger partial charge is 0.493 e. The summed E-state index contributed by atoms with van der Waals surface area (Å²) in [6.45, 7) is 0.302. The van der Waals surface area contributed by atoms with Gasteiger partial charge in [-0.1, -0.05) is 12.1 Å². The molecule has 0 fully saturated rings. The third kappa shape index (κ3) is 3.67. The second kappa shape index (κ2) is 7.97. The maximum absolute atomic E-state index is 11.7. The molecule has 0 saturated heterocycles. The normalized spacial score (nSPS) is 11.8. The van der Waals surface area contributed by atoms with Crippen molar-refractivity contribution in [2.24, 2.45) is 0 Å². The molecular formula is C19H18N2O4S. The smallest absolute Gasteiger partial charge is 0.162 e. The standard InChI is InChI=1S/C19H18N2O4S/c1-23-18-9-15-16(10-19(18)24-2)21-7-6-17(15)25-11-13-4-3-5-14(8-13)26(22)12-20/h3-10,12,20H,11H2,1-2H3. The summed E-state index contributed by atoms with van der Waals surface area (Å²) in [7, 11) is 1.72. The summed E-state index contributed by atoms with van der Waals surface area (Å²) >= 11 is 0. The van der Waals surface area contributed by atoms with Crippen molar-refractivity contribution in [1.29, 1.82) is 5.41 Å². The Morgan fingerprint density at radius 2 is 1.85 bits per heavy atom. The van der Waals surface area contributed by atoms with Crippen LogP contribution >= 0.6 is 0 Å². The van der Waals surface area contributed by atoms with E-state index in [0.29, 0.717) is 28.8 Å². The van der Waals surface area contributed by atoms with Gasteiger partial charge in [0.25, 0.3) is 0 Å². The quantitative estimate of drug-likeness (QED) is 0.508. The van der Waals surface area contributed by atoms with Gasteiger partial charge in [0.1, 0.15) is 12.4 Å². The molecule has 26 heavy (non-hydrogen) atoms. The number of nitrogens with one attached hydrogen (secondary N) is 1. The molecule has 1 N–H and O–H groups in total. The summed E-state index contributed by atoms with van der Waals surface area (Å²) in [6.07, 6.45) is 1.67. The van der Waals surface area contributed by atoms with Gasteiger partial charge in [-0.15, -0.1) is 0 Å². The number of benzene rings is 2. The van der Waals surface area contributed by atoms with E-state index in [1.807, 2.05) is 12.1 Å². The third-order valence-corrected chi connectivity index (χ3v) is 4.77. The average molecular weight is 370 g/mol. The van der Waals surface area contributed by atoms with E-state index in [1.54, 1.807) is 50.7 Å². The van der Waals surface area contributed by atoms with Gasteiger partial charge in [0.05, 0.1) is 36.1 Å². The summed E-state index contributed by atoms with van der Waals surface area (Å²) < 4.78 is 28.4. The Kier molecular flexibility index (Phi) is 5.48. The highest BCUT2D eigenvalue weighted by Gasteiger charge is 2.11. The first-order chi connectivity index (χ1) is 12.7. The molecule has 1 unspecified atom stereocenters. The van der Waals surface area contributed by atoms with Gasteiger partial charge < -0.3 is 14.2 Å². The first-order valence-electron chi connectivity index (χ1n) is 7.80. The molecule has 3 aromatic rings. The van der Waals surface area contributed by atoms with Crippen molar-refractivity contribution in [3.05, 3.63) is 54.2 Å². The Morgan fingerprint density at radius 1 is 1.08 bits per heavy atom. The molecule has 0 radical (unpaired) electrons. The van der Waals surface area contributed by atoms with Crippen LogP contribution in [0.25, 0.3) is 10.9 Å². The topological polar surface area (TPSA) is 81.5 Å². The van der Waals surface area contributed by atoms with Gasteiger partial charge in [-0.25, -0.2) is 4.21 Å². The van der Waals surface area contributed by atoms with E-state index in [4.69, 9.17) is 19.6 Å². The zero-order chi connectivity index (χ0) is 18.5. The van der Waals surface area contributed by atoms with Crippen LogP contribution < -0.4 is 14.2 Å². The van der Waals surface area contributed by atoms with Gasteiger partial charge in [-0.2, -0.15) is 0 Å². The molecule has 0 aliphatic heterocycles. The second-order valence-electron chi connectivity index (χ2n) is 5.38. The van der Waals surface area contributed by atoms with E-state index in [0.717, 1.165) is 22.0 Å². The van der Waals surface area contributed by atoms with Crippen molar-refractivity contribution >= 4 is 27.2 Å². The molecule has 3 rings (SSSR count). The highest BCUT2D eigenvalue weighted by atomic mass is 32.2. The van der Waals surface area contributed by atoms with Gasteiger partial charge in [0.2, 0.25) is 0 Å². The average Bonchev–Trinajstić information content (AvgIpc) is 2.70. The first-order valence-corrected chi connectivity index (χ1v) is 9.01. The fourth-order valence-electron chi connectivity index (χ4n) is 2.56. The first kappa shape index (κ1) is 17.9. The number of hydrogen-bond donors (Lipinski definition) is 1. The number of ether oxygens (including phenoxy) is 3. The Morgan fingerprint density at radius 3 is 2.58 bits per heavy atom. The lowest BCUT2D eigenvalue weighted by atomic mass is 10.1. The summed E-state index contributed by atoms with van der Waals surface area (Å²) in [4.78, 5) is 4.92. The van der Waals surface area contributed by atoms with Crippen LogP contribution in [-0.2, 0) is 17.4 Å². The van der Waals surface area contributed by atoms with Crippen molar-refractivity contribution in [2.45, 2.75) is 11.5 Å². The molecule has 1 heterocycles. The van der Waals surface area contributed by atoms with Crippen molar-refractivity contribution in [3.63, 3.8) is 0 Å². The maximum Gasteiger partial charge on any atom is 0.162 e. The summed E-state index contributed by atoms with van der Waals surface area (Å²) in [5.41, 5.74) is 2.51. The van der Waals surface area contributed by atoms with Crippen LogP contribution in [0, 0.1) is 5.41 Å². The number of hydrogen-bond acceptors (Lipinski definition) is 6. The molecule has 0 spiro atoms. The minimum absolute atomic E-state index is 0.302. The Bertz CT molecular complexity index is 975. The monoisotopic (exact) mass is 370 g/mol. The van der Waals surface area contributed by atoms with Crippen molar-refractivity contribution < 1.29 is 18.4 Å². The predicted molar refractivity (Wildman–Crippen MR) is 101 cm³/mol. The van der Waals surface area contributed by atoms with E-state index >= 15 is 0 Å². The summed E-state index contributed by atoms with van der Waals surface area (Å²) in [5.74, 6) is 1.86. The number of pyridine rings is 1. The molecule has 1 atom stereocenters. The highest BCUT2D eigenvalue weighted by molar-refractivity contribution is 7.98. The Labute approximate surface area is 153 Å². The van der Waals surface area contributed by atoms with Gasteiger partial charge >= 0.3 is 0 Å². The number of aromatic nitrogens is 1. The van der Waals surface area contributed by atoms with E-state index in [9.17, 15) is 4.21 Å². The summed E-state index contributed by atoms with van der Waals surface area (Å²) in [5, 5.41) is 7.94. The van der Waals surface area contributed by atoms with E-state index < -0.39 is 10.8 Å². The molecule has 1 aromatic heterocycles. The zero-order valence-corrected chi connectivity index (χ0v) is 15.2. The minimum atomic E-state index is -1.43. The fraction of sp³-hybridized carbons (Fsp3) is 0.158. The van der Waals surface area contributed by atoms with Gasteiger partial charge in [-0.3, -0.25) is 10.4 Å². The number of fused-ring (bicyclic) bond motifs is 1. The molecule has 0 saturated carbocycles. The minimum Gasteiger partial charge on any atom is -0.493 e. The number of nitrogens with zero attached hydrogens (tertiary/aromatic N) is 1. The van der Waals surface area contributed by atoms with Crippen LogP contribution in [0.2, 0.25) is 0 Å². The van der Waals surface area contributed by atoms with E-state index in [2.05, 4.69) is 4.98 Å².